The van der Waals surface area contributed by atoms with Crippen molar-refractivity contribution in [1.29, 1.82) is 0 Å². The van der Waals surface area contributed by atoms with Crippen LogP contribution in [-0.4, -0.2) is 23.6 Å². The zero-order valence-corrected chi connectivity index (χ0v) is 17.0. The van der Waals surface area contributed by atoms with Crippen molar-refractivity contribution in [3.8, 4) is 5.75 Å². The number of anilines is 2. The Balaban J connectivity index is 1.48. The molecule has 0 bridgehead atoms. The molecule has 0 saturated heterocycles. The molecular weight excluding hydrogens is 372 g/mol. The largest absolute Gasteiger partial charge is 0.496 e. The van der Waals surface area contributed by atoms with Gasteiger partial charge in [0.2, 0.25) is 5.95 Å². The summed E-state index contributed by atoms with van der Waals surface area (Å²) in [5, 5.41) is 4.54. The van der Waals surface area contributed by atoms with Crippen LogP contribution in [0.1, 0.15) is 16.7 Å². The molecular formula is C25H24N4O. The molecule has 1 aliphatic rings. The van der Waals surface area contributed by atoms with Gasteiger partial charge in [-0.2, -0.15) is 4.98 Å². The lowest BCUT2D eigenvalue weighted by atomic mass is 10.0. The van der Waals surface area contributed by atoms with Gasteiger partial charge < -0.3 is 15.0 Å². The van der Waals surface area contributed by atoms with Gasteiger partial charge >= 0.3 is 0 Å². The minimum Gasteiger partial charge on any atom is -0.496 e. The monoisotopic (exact) mass is 396 g/mol. The minimum absolute atomic E-state index is 0.632. The van der Waals surface area contributed by atoms with Gasteiger partial charge in [0.1, 0.15) is 11.6 Å². The number of nitrogens with one attached hydrogen (secondary N) is 1. The van der Waals surface area contributed by atoms with E-state index in [9.17, 15) is 0 Å². The van der Waals surface area contributed by atoms with Crippen molar-refractivity contribution >= 4 is 22.7 Å². The third kappa shape index (κ3) is 3.54. The predicted octanol–water partition coefficient (Wildman–Crippen LogP) is 4.81. The second kappa shape index (κ2) is 8.03. The zero-order valence-electron chi connectivity index (χ0n) is 17.0. The molecule has 0 aliphatic carbocycles. The molecule has 30 heavy (non-hydrogen) atoms. The topological polar surface area (TPSA) is 50.3 Å². The fourth-order valence-corrected chi connectivity index (χ4v) is 4.03. The Morgan fingerprint density at radius 3 is 2.57 bits per heavy atom. The molecule has 0 fully saturated rings. The third-order valence-electron chi connectivity index (χ3n) is 5.64. The lowest BCUT2D eigenvalue weighted by Crippen LogP contribution is -2.31. The molecule has 5 nitrogen and oxygen atoms in total. The second-order valence-electron chi connectivity index (χ2n) is 7.50. The summed E-state index contributed by atoms with van der Waals surface area (Å²) in [4.78, 5) is 12.1. The molecule has 0 unspecified atom stereocenters. The number of benzene rings is 3. The molecule has 4 aromatic rings. The SMILES string of the molecule is COc1ccccc1CNc1nc(N2CCc3ccccc3C2)nc2ccccc12. The van der Waals surface area contributed by atoms with Crippen molar-refractivity contribution in [2.24, 2.45) is 0 Å². The van der Waals surface area contributed by atoms with Crippen molar-refractivity contribution in [3.63, 3.8) is 0 Å². The first kappa shape index (κ1) is 18.4. The van der Waals surface area contributed by atoms with Crippen molar-refractivity contribution in [3.05, 3.63) is 89.5 Å². The highest BCUT2D eigenvalue weighted by Crippen LogP contribution is 2.28. The molecule has 1 aromatic heterocycles. The van der Waals surface area contributed by atoms with Crippen LogP contribution in [0.4, 0.5) is 11.8 Å². The fourth-order valence-electron chi connectivity index (χ4n) is 4.03. The van der Waals surface area contributed by atoms with Crippen LogP contribution < -0.4 is 15.0 Å². The smallest absolute Gasteiger partial charge is 0.228 e. The Kier molecular flexibility index (Phi) is 4.93. The number of rotatable bonds is 5. The van der Waals surface area contributed by atoms with Crippen molar-refractivity contribution in [2.45, 2.75) is 19.5 Å². The van der Waals surface area contributed by atoms with Gasteiger partial charge in [-0.05, 0) is 35.7 Å². The average molecular weight is 396 g/mol. The number of fused-ring (bicyclic) bond motifs is 2. The van der Waals surface area contributed by atoms with Crippen LogP contribution in [0.25, 0.3) is 10.9 Å². The van der Waals surface area contributed by atoms with Crippen molar-refractivity contribution in [2.75, 3.05) is 23.9 Å². The molecule has 2 heterocycles. The van der Waals surface area contributed by atoms with Crippen LogP contribution in [0.15, 0.2) is 72.8 Å². The van der Waals surface area contributed by atoms with E-state index in [-0.39, 0.29) is 0 Å². The summed E-state index contributed by atoms with van der Waals surface area (Å²) < 4.78 is 5.49. The number of nitrogens with zero attached hydrogens (tertiary/aromatic N) is 3. The molecule has 0 amide bonds. The van der Waals surface area contributed by atoms with E-state index >= 15 is 0 Å². The van der Waals surface area contributed by atoms with E-state index < -0.39 is 0 Å². The first-order valence-electron chi connectivity index (χ1n) is 10.3. The summed E-state index contributed by atoms with van der Waals surface area (Å²) in [6.45, 7) is 2.38. The number of ether oxygens (including phenoxy) is 1. The highest BCUT2D eigenvalue weighted by atomic mass is 16.5. The van der Waals surface area contributed by atoms with E-state index in [4.69, 9.17) is 14.7 Å². The molecule has 1 N–H and O–H groups in total. The molecule has 3 aromatic carbocycles. The Labute approximate surface area is 176 Å². The molecule has 1 aliphatic heterocycles. The summed E-state index contributed by atoms with van der Waals surface area (Å²) in [5.74, 6) is 2.49. The zero-order chi connectivity index (χ0) is 20.3. The molecule has 5 heteroatoms. The molecule has 0 atom stereocenters. The van der Waals surface area contributed by atoms with E-state index in [1.54, 1.807) is 7.11 Å². The van der Waals surface area contributed by atoms with Gasteiger partial charge in [0.15, 0.2) is 0 Å². The number of hydrogen-bond donors (Lipinski definition) is 1. The lowest BCUT2D eigenvalue weighted by molar-refractivity contribution is 0.410. The van der Waals surface area contributed by atoms with E-state index in [1.165, 1.54) is 11.1 Å². The molecule has 0 spiro atoms. The summed E-state index contributed by atoms with van der Waals surface area (Å²) >= 11 is 0. The quantitative estimate of drug-likeness (QED) is 0.524. The van der Waals surface area contributed by atoms with Gasteiger partial charge in [-0.15, -0.1) is 0 Å². The normalized spacial score (nSPS) is 13.2. The van der Waals surface area contributed by atoms with Crippen molar-refractivity contribution < 1.29 is 4.74 Å². The first-order chi connectivity index (χ1) is 14.8. The van der Waals surface area contributed by atoms with Crippen LogP contribution in [0, 0.1) is 0 Å². The molecule has 0 saturated carbocycles. The van der Waals surface area contributed by atoms with Crippen LogP contribution in [-0.2, 0) is 19.5 Å². The maximum absolute atomic E-state index is 5.49. The van der Waals surface area contributed by atoms with Gasteiger partial charge in [-0.25, -0.2) is 4.98 Å². The number of aromatic nitrogens is 2. The minimum atomic E-state index is 0.632. The van der Waals surface area contributed by atoms with Crippen molar-refractivity contribution in [1.82, 2.24) is 9.97 Å². The summed E-state index contributed by atoms with van der Waals surface area (Å²) in [6.07, 6.45) is 1.01. The van der Waals surface area contributed by atoms with E-state index in [0.717, 1.165) is 53.5 Å². The summed E-state index contributed by atoms with van der Waals surface area (Å²) in [6, 6.07) is 24.8. The Bertz CT molecular complexity index is 1190. The maximum Gasteiger partial charge on any atom is 0.228 e. The van der Waals surface area contributed by atoms with Gasteiger partial charge in [0.25, 0.3) is 0 Å². The Morgan fingerprint density at radius 2 is 1.67 bits per heavy atom. The van der Waals surface area contributed by atoms with E-state index in [0.29, 0.717) is 6.54 Å². The van der Waals surface area contributed by atoms with E-state index in [1.807, 2.05) is 36.4 Å². The van der Waals surface area contributed by atoms with E-state index in [2.05, 4.69) is 46.6 Å². The highest BCUT2D eigenvalue weighted by molar-refractivity contribution is 5.90. The van der Waals surface area contributed by atoms with Crippen LogP contribution in [0.2, 0.25) is 0 Å². The second-order valence-corrected chi connectivity index (χ2v) is 7.50. The van der Waals surface area contributed by atoms with Crippen LogP contribution in [0.3, 0.4) is 0 Å². The standard InChI is InChI=1S/C25H24N4O/c1-30-23-13-7-4-9-19(23)16-26-24-21-11-5-6-12-22(21)27-25(28-24)29-15-14-18-8-2-3-10-20(18)17-29/h2-13H,14-17H2,1H3,(H,26,27,28). The number of hydrogen-bond acceptors (Lipinski definition) is 5. The average Bonchev–Trinajstić information content (AvgIpc) is 2.82. The predicted molar refractivity (Wildman–Crippen MR) is 121 cm³/mol. The van der Waals surface area contributed by atoms with Crippen LogP contribution in [0.5, 0.6) is 5.75 Å². The van der Waals surface area contributed by atoms with Crippen LogP contribution >= 0.6 is 0 Å². The Morgan fingerprint density at radius 1 is 0.900 bits per heavy atom. The Hall–Kier alpha value is -3.60. The van der Waals surface area contributed by atoms with Gasteiger partial charge in [-0.1, -0.05) is 54.6 Å². The number of para-hydroxylation sites is 2. The molecule has 5 rings (SSSR count). The van der Waals surface area contributed by atoms with Gasteiger partial charge in [-0.3, -0.25) is 0 Å². The third-order valence-corrected chi connectivity index (χ3v) is 5.64. The fraction of sp³-hybridized carbons (Fsp3) is 0.200. The summed E-state index contributed by atoms with van der Waals surface area (Å²) in [5.41, 5.74) is 4.81. The first-order valence-corrected chi connectivity index (χ1v) is 10.3. The van der Waals surface area contributed by atoms with Gasteiger partial charge in [0.05, 0.1) is 12.6 Å². The lowest BCUT2D eigenvalue weighted by Gasteiger charge is -2.29. The molecule has 150 valence electrons. The summed E-state index contributed by atoms with van der Waals surface area (Å²) in [7, 11) is 1.70. The number of methoxy groups -OCH3 is 1. The molecule has 0 radical (unpaired) electrons. The maximum atomic E-state index is 5.49. The van der Waals surface area contributed by atoms with Gasteiger partial charge in [0, 0.05) is 30.6 Å². The highest BCUT2D eigenvalue weighted by Gasteiger charge is 2.19.